The topological polar surface area (TPSA) is 44.4 Å². The molecule has 1 aliphatic heterocycles. The Labute approximate surface area is 113 Å². The Hall–Kier alpha value is -1.59. The molecule has 5 nitrogen and oxygen atoms in total. The highest BCUT2D eigenvalue weighted by molar-refractivity contribution is 5.90. The van der Waals surface area contributed by atoms with Gasteiger partial charge in [0.2, 0.25) is 0 Å². The van der Waals surface area contributed by atoms with E-state index in [-0.39, 0.29) is 0 Å². The molecule has 102 valence electrons. The Morgan fingerprint density at radius 1 is 1.21 bits per heavy atom. The Bertz CT molecular complexity index is 531. The summed E-state index contributed by atoms with van der Waals surface area (Å²) in [6.45, 7) is 6.03. The first-order chi connectivity index (χ1) is 9.38. The molecule has 2 aromatic rings. The van der Waals surface area contributed by atoms with Gasteiger partial charge in [0.25, 0.3) is 0 Å². The van der Waals surface area contributed by atoms with Crippen LogP contribution in [0.2, 0.25) is 0 Å². The third-order valence-electron chi connectivity index (χ3n) is 3.73. The third kappa shape index (κ3) is 2.57. The standard InChI is InChI=1S/C14H20N4O/c1-19-11-10-17-6-8-18(9-7-17)14-12-4-2-3-5-13(12)15-16-14/h2-5H,6-11H2,1H3,(H,15,16). The number of methoxy groups -OCH3 is 1. The van der Waals surface area contributed by atoms with E-state index in [9.17, 15) is 0 Å². The van der Waals surface area contributed by atoms with E-state index in [2.05, 4.69) is 38.2 Å². The molecule has 2 heterocycles. The summed E-state index contributed by atoms with van der Waals surface area (Å²) in [6.07, 6.45) is 0. The molecule has 1 aliphatic rings. The number of nitrogens with zero attached hydrogens (tertiary/aromatic N) is 3. The van der Waals surface area contributed by atoms with Crippen LogP contribution in [-0.2, 0) is 4.74 Å². The van der Waals surface area contributed by atoms with Crippen molar-refractivity contribution in [1.82, 2.24) is 15.1 Å². The van der Waals surface area contributed by atoms with Crippen molar-refractivity contribution in [3.8, 4) is 0 Å². The molecule has 0 saturated carbocycles. The highest BCUT2D eigenvalue weighted by Gasteiger charge is 2.19. The van der Waals surface area contributed by atoms with Gasteiger partial charge in [0.15, 0.2) is 5.82 Å². The zero-order valence-corrected chi connectivity index (χ0v) is 11.3. The van der Waals surface area contributed by atoms with Gasteiger partial charge in [-0.2, -0.15) is 5.10 Å². The van der Waals surface area contributed by atoms with Gasteiger partial charge in [0.05, 0.1) is 12.1 Å². The summed E-state index contributed by atoms with van der Waals surface area (Å²) in [5.41, 5.74) is 1.11. The minimum atomic E-state index is 0.811. The normalized spacial score (nSPS) is 17.2. The Morgan fingerprint density at radius 2 is 2.00 bits per heavy atom. The molecule has 1 aromatic carbocycles. The Balaban J connectivity index is 1.68. The van der Waals surface area contributed by atoms with Gasteiger partial charge in [0.1, 0.15) is 0 Å². The number of aromatic nitrogens is 2. The van der Waals surface area contributed by atoms with E-state index in [0.29, 0.717) is 0 Å². The second-order valence-corrected chi connectivity index (χ2v) is 4.91. The summed E-state index contributed by atoms with van der Waals surface area (Å²) < 4.78 is 5.13. The molecule has 0 radical (unpaired) electrons. The van der Waals surface area contributed by atoms with Crippen LogP contribution in [0.5, 0.6) is 0 Å². The lowest BCUT2D eigenvalue weighted by Crippen LogP contribution is -2.47. The SMILES string of the molecule is COCCN1CCN(c2n[nH]c3ccccc23)CC1. The van der Waals surface area contributed by atoms with E-state index in [4.69, 9.17) is 4.74 Å². The maximum atomic E-state index is 5.13. The monoisotopic (exact) mass is 260 g/mol. The number of nitrogens with one attached hydrogen (secondary N) is 1. The maximum absolute atomic E-state index is 5.13. The molecule has 0 bridgehead atoms. The highest BCUT2D eigenvalue weighted by atomic mass is 16.5. The van der Waals surface area contributed by atoms with Crippen LogP contribution in [-0.4, -0.2) is 61.5 Å². The molecule has 19 heavy (non-hydrogen) atoms. The number of piperazine rings is 1. The molecule has 5 heteroatoms. The van der Waals surface area contributed by atoms with Crippen LogP contribution in [0.25, 0.3) is 10.9 Å². The van der Waals surface area contributed by atoms with Crippen LogP contribution in [0, 0.1) is 0 Å². The predicted molar refractivity (Wildman–Crippen MR) is 76.6 cm³/mol. The number of anilines is 1. The number of aromatic amines is 1. The predicted octanol–water partition coefficient (Wildman–Crippen LogP) is 1.33. The molecule has 1 saturated heterocycles. The number of H-pyrrole nitrogens is 1. The minimum Gasteiger partial charge on any atom is -0.383 e. The highest BCUT2D eigenvalue weighted by Crippen LogP contribution is 2.24. The summed E-state index contributed by atoms with van der Waals surface area (Å²) in [6, 6.07) is 8.30. The quantitative estimate of drug-likeness (QED) is 0.901. The van der Waals surface area contributed by atoms with Gasteiger partial charge >= 0.3 is 0 Å². The summed E-state index contributed by atoms with van der Waals surface area (Å²) >= 11 is 0. The molecule has 0 aliphatic carbocycles. The van der Waals surface area contributed by atoms with Gasteiger partial charge < -0.3 is 9.64 Å². The van der Waals surface area contributed by atoms with Crippen molar-refractivity contribution >= 4 is 16.7 Å². The van der Waals surface area contributed by atoms with Crippen molar-refractivity contribution < 1.29 is 4.74 Å². The number of benzene rings is 1. The van der Waals surface area contributed by atoms with E-state index in [1.807, 2.05) is 6.07 Å². The van der Waals surface area contributed by atoms with Gasteiger partial charge in [-0.15, -0.1) is 0 Å². The van der Waals surface area contributed by atoms with E-state index in [0.717, 1.165) is 50.7 Å². The molecule has 1 N–H and O–H groups in total. The van der Waals surface area contributed by atoms with Gasteiger partial charge in [-0.05, 0) is 12.1 Å². The van der Waals surface area contributed by atoms with Crippen molar-refractivity contribution in [3.63, 3.8) is 0 Å². The number of hydrogen-bond donors (Lipinski definition) is 1. The van der Waals surface area contributed by atoms with Gasteiger partial charge in [0, 0.05) is 45.2 Å². The van der Waals surface area contributed by atoms with E-state index in [1.54, 1.807) is 7.11 Å². The van der Waals surface area contributed by atoms with Crippen molar-refractivity contribution in [2.24, 2.45) is 0 Å². The Morgan fingerprint density at radius 3 is 2.79 bits per heavy atom. The molecular formula is C14H20N4O. The zero-order valence-electron chi connectivity index (χ0n) is 11.3. The first-order valence-electron chi connectivity index (χ1n) is 6.78. The van der Waals surface area contributed by atoms with Gasteiger partial charge in [-0.1, -0.05) is 12.1 Å². The number of rotatable bonds is 4. The lowest BCUT2D eigenvalue weighted by atomic mass is 10.2. The summed E-state index contributed by atoms with van der Waals surface area (Å²) in [4.78, 5) is 4.80. The smallest absolute Gasteiger partial charge is 0.158 e. The lowest BCUT2D eigenvalue weighted by molar-refractivity contribution is 0.144. The second kappa shape index (κ2) is 5.59. The molecule has 0 spiro atoms. The molecule has 0 unspecified atom stereocenters. The van der Waals surface area contributed by atoms with Crippen molar-refractivity contribution in [2.75, 3.05) is 51.3 Å². The molecule has 3 rings (SSSR count). The fourth-order valence-electron chi connectivity index (χ4n) is 2.59. The van der Waals surface area contributed by atoms with Crippen molar-refractivity contribution in [1.29, 1.82) is 0 Å². The van der Waals surface area contributed by atoms with Gasteiger partial charge in [-0.3, -0.25) is 10.00 Å². The molecular weight excluding hydrogens is 240 g/mol. The summed E-state index contributed by atoms with van der Waals surface area (Å²) in [5.74, 6) is 1.09. The molecule has 1 aromatic heterocycles. The van der Waals surface area contributed by atoms with Gasteiger partial charge in [-0.25, -0.2) is 0 Å². The van der Waals surface area contributed by atoms with Crippen LogP contribution in [0.3, 0.4) is 0 Å². The zero-order chi connectivity index (χ0) is 13.1. The number of fused-ring (bicyclic) bond motifs is 1. The van der Waals surface area contributed by atoms with Crippen LogP contribution in [0.4, 0.5) is 5.82 Å². The van der Waals surface area contributed by atoms with Crippen LogP contribution < -0.4 is 4.90 Å². The maximum Gasteiger partial charge on any atom is 0.158 e. The largest absolute Gasteiger partial charge is 0.383 e. The van der Waals surface area contributed by atoms with E-state index >= 15 is 0 Å². The fourth-order valence-corrected chi connectivity index (χ4v) is 2.59. The van der Waals surface area contributed by atoms with E-state index in [1.165, 1.54) is 5.39 Å². The van der Waals surface area contributed by atoms with Crippen molar-refractivity contribution in [3.05, 3.63) is 24.3 Å². The number of hydrogen-bond acceptors (Lipinski definition) is 4. The van der Waals surface area contributed by atoms with Crippen LogP contribution >= 0.6 is 0 Å². The fraction of sp³-hybridized carbons (Fsp3) is 0.500. The average Bonchev–Trinajstić information content (AvgIpc) is 2.90. The first kappa shape index (κ1) is 12.4. The van der Waals surface area contributed by atoms with Crippen molar-refractivity contribution in [2.45, 2.75) is 0 Å². The molecule has 0 atom stereocenters. The number of para-hydroxylation sites is 1. The average molecular weight is 260 g/mol. The van der Waals surface area contributed by atoms with Crippen LogP contribution in [0.15, 0.2) is 24.3 Å². The van der Waals surface area contributed by atoms with E-state index < -0.39 is 0 Å². The molecule has 1 fully saturated rings. The summed E-state index contributed by atoms with van der Waals surface area (Å²) in [5, 5.41) is 8.79. The summed E-state index contributed by atoms with van der Waals surface area (Å²) in [7, 11) is 1.76. The second-order valence-electron chi connectivity index (χ2n) is 4.91. The number of ether oxygens (including phenoxy) is 1. The minimum absolute atomic E-state index is 0.811. The lowest BCUT2D eigenvalue weighted by Gasteiger charge is -2.34. The third-order valence-corrected chi connectivity index (χ3v) is 3.73. The van der Waals surface area contributed by atoms with Crippen LogP contribution in [0.1, 0.15) is 0 Å². The first-order valence-corrected chi connectivity index (χ1v) is 6.78. The Kier molecular flexibility index (Phi) is 3.66. The molecule has 0 amide bonds.